The van der Waals surface area contributed by atoms with Gasteiger partial charge < -0.3 is 15.4 Å². The first kappa shape index (κ1) is 23.0. The molecule has 1 aromatic carbocycles. The highest BCUT2D eigenvalue weighted by Gasteiger charge is 2.43. The van der Waals surface area contributed by atoms with Crippen LogP contribution in [0.15, 0.2) is 42.7 Å². The maximum absolute atomic E-state index is 12.9. The average molecular weight is 458 g/mol. The molecule has 33 heavy (non-hydrogen) atoms. The Morgan fingerprint density at radius 2 is 1.97 bits per heavy atom. The minimum absolute atomic E-state index is 0.0610. The number of aryl methyl sites for hydroxylation is 1. The number of hydrogen-bond donors (Lipinski definition) is 2. The molecule has 0 bridgehead atoms. The smallest absolute Gasteiger partial charge is 0.373 e. The Morgan fingerprint density at radius 1 is 1.15 bits per heavy atom. The van der Waals surface area contributed by atoms with Crippen LogP contribution in [0.3, 0.4) is 0 Å². The van der Waals surface area contributed by atoms with E-state index in [-0.39, 0.29) is 18.7 Å². The first-order valence-corrected chi connectivity index (χ1v) is 10.8. The third kappa shape index (κ3) is 5.42. The molecule has 2 unspecified atom stereocenters. The van der Waals surface area contributed by atoms with Gasteiger partial charge in [-0.1, -0.05) is 6.07 Å². The molecule has 1 amide bonds. The Kier molecular flexibility index (Phi) is 6.51. The number of ether oxygens (including phenoxy) is 1. The fourth-order valence-corrected chi connectivity index (χ4v) is 4.03. The summed E-state index contributed by atoms with van der Waals surface area (Å²) in [6.45, 7) is 1.96. The molecule has 2 aromatic heterocycles. The summed E-state index contributed by atoms with van der Waals surface area (Å²) in [6, 6.07) is 9.33. The van der Waals surface area contributed by atoms with Crippen LogP contribution in [0.2, 0.25) is 0 Å². The number of anilines is 2. The standard InChI is InChI=1S/C24H25F3N4O2/c1-14-6-7-17(31-23(32)10-18-4-3-5-21(33-18)24(25,26)27)9-19(14)15-8-16-13-30-22(28-2)11-20(16)29-12-15/h6-9,11-13,18,21H,3-5,10H2,1-2H3,(H,28,30)(H,31,32). The minimum Gasteiger partial charge on any atom is -0.373 e. The Hall–Kier alpha value is -3.20. The normalized spacial score (nSPS) is 18.8. The van der Waals surface area contributed by atoms with Gasteiger partial charge in [0.2, 0.25) is 5.91 Å². The zero-order valence-corrected chi connectivity index (χ0v) is 18.4. The summed E-state index contributed by atoms with van der Waals surface area (Å²) in [6.07, 6.45) is -2.79. The molecule has 0 saturated carbocycles. The van der Waals surface area contributed by atoms with Crippen molar-refractivity contribution >= 4 is 28.3 Å². The van der Waals surface area contributed by atoms with Crippen LogP contribution in [-0.2, 0) is 9.53 Å². The highest BCUT2D eigenvalue weighted by Crippen LogP contribution is 2.33. The van der Waals surface area contributed by atoms with Crippen molar-refractivity contribution in [2.75, 3.05) is 17.7 Å². The lowest BCUT2D eigenvalue weighted by Gasteiger charge is -2.31. The second-order valence-electron chi connectivity index (χ2n) is 8.24. The number of aromatic nitrogens is 2. The first-order valence-electron chi connectivity index (χ1n) is 10.8. The molecule has 174 valence electrons. The van der Waals surface area contributed by atoms with Crippen LogP contribution >= 0.6 is 0 Å². The van der Waals surface area contributed by atoms with Crippen LogP contribution in [-0.4, -0.2) is 41.3 Å². The fraction of sp³-hybridized carbons (Fsp3) is 0.375. The number of halogens is 3. The van der Waals surface area contributed by atoms with E-state index < -0.39 is 18.4 Å². The number of amides is 1. The number of pyridine rings is 2. The summed E-state index contributed by atoms with van der Waals surface area (Å²) in [5.41, 5.74) is 4.14. The summed E-state index contributed by atoms with van der Waals surface area (Å²) in [4.78, 5) is 21.4. The van der Waals surface area contributed by atoms with Crippen molar-refractivity contribution in [1.29, 1.82) is 0 Å². The number of fused-ring (bicyclic) bond motifs is 1. The molecule has 0 aliphatic carbocycles. The van der Waals surface area contributed by atoms with Crippen molar-refractivity contribution < 1.29 is 22.7 Å². The van der Waals surface area contributed by atoms with Crippen LogP contribution in [0, 0.1) is 6.92 Å². The van der Waals surface area contributed by atoms with E-state index in [1.807, 2.05) is 31.2 Å². The van der Waals surface area contributed by atoms with E-state index in [1.165, 1.54) is 0 Å². The average Bonchev–Trinajstić information content (AvgIpc) is 2.79. The Labute approximate surface area is 189 Å². The van der Waals surface area contributed by atoms with Gasteiger partial charge in [-0.05, 0) is 55.5 Å². The summed E-state index contributed by atoms with van der Waals surface area (Å²) in [7, 11) is 1.79. The Morgan fingerprint density at radius 3 is 2.73 bits per heavy atom. The Bertz CT molecular complexity index is 1170. The monoisotopic (exact) mass is 458 g/mol. The van der Waals surface area contributed by atoms with Gasteiger partial charge in [0.1, 0.15) is 5.82 Å². The molecule has 4 rings (SSSR count). The van der Waals surface area contributed by atoms with Gasteiger partial charge in [0.15, 0.2) is 6.10 Å². The van der Waals surface area contributed by atoms with Gasteiger partial charge in [0.25, 0.3) is 0 Å². The van der Waals surface area contributed by atoms with E-state index >= 15 is 0 Å². The summed E-state index contributed by atoms with van der Waals surface area (Å²) < 4.78 is 43.9. The van der Waals surface area contributed by atoms with Crippen LogP contribution in [0.25, 0.3) is 22.0 Å². The quantitative estimate of drug-likeness (QED) is 0.530. The molecule has 2 N–H and O–H groups in total. The third-order valence-electron chi connectivity index (χ3n) is 5.78. The molecule has 3 heterocycles. The number of alkyl halides is 3. The molecule has 0 radical (unpaired) electrons. The summed E-state index contributed by atoms with van der Waals surface area (Å²) >= 11 is 0. The van der Waals surface area contributed by atoms with Gasteiger partial charge in [0.05, 0.1) is 18.0 Å². The van der Waals surface area contributed by atoms with E-state index in [1.54, 1.807) is 25.5 Å². The zero-order valence-electron chi connectivity index (χ0n) is 18.4. The lowest BCUT2D eigenvalue weighted by molar-refractivity contribution is -0.245. The molecule has 1 aliphatic rings. The molecule has 1 aliphatic heterocycles. The molecule has 3 aromatic rings. The predicted octanol–water partition coefficient (Wildman–Crippen LogP) is 5.48. The topological polar surface area (TPSA) is 76.1 Å². The fourth-order valence-electron chi connectivity index (χ4n) is 4.03. The number of hydrogen-bond acceptors (Lipinski definition) is 5. The number of carbonyl (C=O) groups is 1. The largest absolute Gasteiger partial charge is 0.414 e. The third-order valence-corrected chi connectivity index (χ3v) is 5.78. The second-order valence-corrected chi connectivity index (χ2v) is 8.24. The first-order chi connectivity index (χ1) is 15.7. The number of nitrogens with one attached hydrogen (secondary N) is 2. The van der Waals surface area contributed by atoms with Gasteiger partial charge in [-0.2, -0.15) is 13.2 Å². The molecule has 6 nitrogen and oxygen atoms in total. The lowest BCUT2D eigenvalue weighted by Crippen LogP contribution is -2.39. The van der Waals surface area contributed by atoms with Crippen molar-refractivity contribution in [3.05, 3.63) is 48.3 Å². The van der Waals surface area contributed by atoms with Crippen LogP contribution in [0.4, 0.5) is 24.7 Å². The molecular weight excluding hydrogens is 433 g/mol. The van der Waals surface area contributed by atoms with Crippen LogP contribution in [0.1, 0.15) is 31.2 Å². The van der Waals surface area contributed by atoms with Crippen LogP contribution in [0.5, 0.6) is 0 Å². The molecule has 2 atom stereocenters. The summed E-state index contributed by atoms with van der Waals surface area (Å²) in [5.74, 6) is 0.352. The highest BCUT2D eigenvalue weighted by atomic mass is 19.4. The molecule has 0 spiro atoms. The van der Waals surface area contributed by atoms with Crippen molar-refractivity contribution in [3.63, 3.8) is 0 Å². The summed E-state index contributed by atoms with van der Waals surface area (Å²) in [5, 5.41) is 6.66. The maximum Gasteiger partial charge on any atom is 0.414 e. The van der Waals surface area contributed by atoms with Crippen molar-refractivity contribution in [2.45, 2.75) is 51.0 Å². The van der Waals surface area contributed by atoms with E-state index in [2.05, 4.69) is 20.6 Å². The van der Waals surface area contributed by atoms with Crippen molar-refractivity contribution in [3.8, 4) is 11.1 Å². The molecule has 1 fully saturated rings. The molecule has 1 saturated heterocycles. The van der Waals surface area contributed by atoms with E-state index in [0.29, 0.717) is 18.5 Å². The van der Waals surface area contributed by atoms with E-state index in [9.17, 15) is 18.0 Å². The number of rotatable bonds is 5. The SMILES string of the molecule is CNc1cc2ncc(-c3cc(NC(=O)CC4CCCC(C(F)(F)F)O4)ccc3C)cc2cn1. The zero-order chi connectivity index (χ0) is 23.6. The molecular formula is C24H25F3N4O2. The number of carbonyl (C=O) groups excluding carboxylic acids is 1. The minimum atomic E-state index is -4.40. The van der Waals surface area contributed by atoms with Gasteiger partial charge in [0, 0.05) is 42.1 Å². The Balaban J connectivity index is 1.48. The highest BCUT2D eigenvalue weighted by molar-refractivity contribution is 5.92. The lowest BCUT2D eigenvalue weighted by atomic mass is 9.99. The van der Waals surface area contributed by atoms with Gasteiger partial charge in [-0.15, -0.1) is 0 Å². The van der Waals surface area contributed by atoms with Crippen LogP contribution < -0.4 is 10.6 Å². The van der Waals surface area contributed by atoms with E-state index in [0.717, 1.165) is 33.4 Å². The van der Waals surface area contributed by atoms with Crippen molar-refractivity contribution in [2.24, 2.45) is 0 Å². The van der Waals surface area contributed by atoms with Gasteiger partial charge in [-0.25, -0.2) is 4.98 Å². The predicted molar refractivity (Wildman–Crippen MR) is 121 cm³/mol. The molecule has 9 heteroatoms. The van der Waals surface area contributed by atoms with Crippen molar-refractivity contribution in [1.82, 2.24) is 9.97 Å². The maximum atomic E-state index is 12.9. The number of benzene rings is 1. The van der Waals surface area contributed by atoms with Gasteiger partial charge in [-0.3, -0.25) is 9.78 Å². The van der Waals surface area contributed by atoms with E-state index in [4.69, 9.17) is 4.74 Å². The van der Waals surface area contributed by atoms with Gasteiger partial charge >= 0.3 is 6.18 Å². The second kappa shape index (κ2) is 9.35. The number of nitrogens with zero attached hydrogens (tertiary/aromatic N) is 2.